The van der Waals surface area contributed by atoms with E-state index in [1.165, 1.54) is 13.2 Å². The van der Waals surface area contributed by atoms with Gasteiger partial charge in [0.2, 0.25) is 0 Å². The molecule has 7 heteroatoms. The number of ether oxygens (including phenoxy) is 3. The summed E-state index contributed by atoms with van der Waals surface area (Å²) in [6, 6.07) is 18.6. The summed E-state index contributed by atoms with van der Waals surface area (Å²) in [7, 11) is 1.30. The number of alkyl carbamates (subject to hydrolysis) is 1. The fourth-order valence-corrected chi connectivity index (χ4v) is 2.98. The molecule has 1 atom stereocenters. The molecule has 2 aromatic carbocycles. The first-order valence-corrected chi connectivity index (χ1v) is 10.3. The number of hydrogen-bond donors (Lipinski definition) is 2. The van der Waals surface area contributed by atoms with E-state index in [9.17, 15) is 9.59 Å². The van der Waals surface area contributed by atoms with Crippen molar-refractivity contribution in [3.63, 3.8) is 0 Å². The van der Waals surface area contributed by atoms with Gasteiger partial charge in [0.25, 0.3) is 0 Å². The summed E-state index contributed by atoms with van der Waals surface area (Å²) in [6.07, 6.45) is 0.778. The molecule has 7 nitrogen and oxygen atoms in total. The minimum absolute atomic E-state index is 0.0476. The van der Waals surface area contributed by atoms with Crippen LogP contribution < -0.4 is 10.6 Å². The van der Waals surface area contributed by atoms with E-state index in [4.69, 9.17) is 14.2 Å². The predicted octanol–water partition coefficient (Wildman–Crippen LogP) is 3.72. The Bertz CT molecular complexity index is 897. The highest BCUT2D eigenvalue weighted by atomic mass is 16.5. The summed E-state index contributed by atoms with van der Waals surface area (Å²) in [5.74, 6) is -0.569. The molecule has 0 saturated carbocycles. The van der Waals surface area contributed by atoms with E-state index in [2.05, 4.69) is 17.2 Å². The van der Waals surface area contributed by atoms with Crippen LogP contribution in [0.3, 0.4) is 0 Å². The highest BCUT2D eigenvalue weighted by Gasteiger charge is 2.27. The molecule has 0 heterocycles. The molecule has 0 unspecified atom stereocenters. The van der Waals surface area contributed by atoms with Crippen molar-refractivity contribution in [1.29, 1.82) is 0 Å². The van der Waals surface area contributed by atoms with E-state index in [0.29, 0.717) is 18.8 Å². The number of allylic oxidation sites excluding steroid dienone is 1. The molecule has 0 radical (unpaired) electrons. The van der Waals surface area contributed by atoms with Crippen LogP contribution in [0.5, 0.6) is 0 Å². The third kappa shape index (κ3) is 8.28. The zero-order chi connectivity index (χ0) is 23.2. The van der Waals surface area contributed by atoms with Gasteiger partial charge in [-0.2, -0.15) is 0 Å². The number of amides is 1. The van der Waals surface area contributed by atoms with Crippen LogP contribution in [0.4, 0.5) is 4.79 Å². The van der Waals surface area contributed by atoms with Crippen LogP contribution in [0.25, 0.3) is 0 Å². The van der Waals surface area contributed by atoms with E-state index < -0.39 is 18.1 Å². The molecule has 2 aromatic rings. The summed E-state index contributed by atoms with van der Waals surface area (Å²) in [6.45, 7) is 6.22. The van der Waals surface area contributed by atoms with E-state index in [1.807, 2.05) is 60.7 Å². The Morgan fingerprint density at radius 3 is 2.25 bits per heavy atom. The van der Waals surface area contributed by atoms with Gasteiger partial charge in [0.05, 0.1) is 31.9 Å². The van der Waals surface area contributed by atoms with Crippen molar-refractivity contribution in [2.24, 2.45) is 0 Å². The third-order valence-electron chi connectivity index (χ3n) is 4.58. The van der Waals surface area contributed by atoms with Crippen LogP contribution in [-0.2, 0) is 32.2 Å². The van der Waals surface area contributed by atoms with Crippen LogP contribution in [0.15, 0.2) is 84.6 Å². The van der Waals surface area contributed by atoms with Gasteiger partial charge in [0.15, 0.2) is 0 Å². The van der Waals surface area contributed by atoms with Gasteiger partial charge in [-0.1, -0.05) is 73.3 Å². The second-order valence-electron chi connectivity index (χ2n) is 6.95. The Balaban J connectivity index is 2.20. The molecule has 32 heavy (non-hydrogen) atoms. The first-order chi connectivity index (χ1) is 15.5. The molecule has 0 aliphatic carbocycles. The maximum absolute atomic E-state index is 12.7. The van der Waals surface area contributed by atoms with Gasteiger partial charge in [-0.25, -0.2) is 9.59 Å². The molecule has 0 aromatic heterocycles. The maximum Gasteiger partial charge on any atom is 0.408 e. The Morgan fingerprint density at radius 2 is 1.66 bits per heavy atom. The average Bonchev–Trinajstić information content (AvgIpc) is 2.82. The molecule has 2 N–H and O–H groups in total. The normalized spacial score (nSPS) is 12.2. The average molecular weight is 439 g/mol. The highest BCUT2D eigenvalue weighted by Crippen LogP contribution is 2.13. The maximum atomic E-state index is 12.7. The fraction of sp³-hybridized carbons (Fsp3) is 0.280. The number of carbonyl (C=O) groups excluding carboxylic acids is 2. The number of hydrogen-bond acceptors (Lipinski definition) is 6. The van der Waals surface area contributed by atoms with Crippen molar-refractivity contribution >= 4 is 12.1 Å². The lowest BCUT2D eigenvalue weighted by Crippen LogP contribution is -2.43. The van der Waals surface area contributed by atoms with Crippen LogP contribution in [0.2, 0.25) is 0 Å². The molecular weight excluding hydrogens is 408 g/mol. The van der Waals surface area contributed by atoms with E-state index in [-0.39, 0.29) is 18.8 Å². The lowest BCUT2D eigenvalue weighted by atomic mass is 10.1. The van der Waals surface area contributed by atoms with E-state index in [0.717, 1.165) is 11.1 Å². The lowest BCUT2D eigenvalue weighted by molar-refractivity contribution is -0.136. The van der Waals surface area contributed by atoms with Gasteiger partial charge in [-0.15, -0.1) is 0 Å². The quantitative estimate of drug-likeness (QED) is 0.298. The highest BCUT2D eigenvalue weighted by molar-refractivity contribution is 5.91. The van der Waals surface area contributed by atoms with Gasteiger partial charge in [0.1, 0.15) is 6.61 Å². The SMILES string of the molecule is C=CCOC(=O)N[C@@H](COCc1ccccc1)/C(C(=O)OC)=C(\C)NCc1ccccc1. The second-order valence-corrected chi connectivity index (χ2v) is 6.95. The summed E-state index contributed by atoms with van der Waals surface area (Å²) < 4.78 is 15.8. The Hall–Kier alpha value is -3.58. The van der Waals surface area contributed by atoms with Gasteiger partial charge < -0.3 is 24.8 Å². The Labute approximate surface area is 189 Å². The topological polar surface area (TPSA) is 85.9 Å². The van der Waals surface area contributed by atoms with Gasteiger partial charge in [-0.05, 0) is 18.1 Å². The standard InChI is InChI=1S/C25H30N2O5/c1-4-15-32-25(29)27-22(18-31-17-21-13-9-6-10-14-21)23(24(28)30-3)19(2)26-16-20-11-7-5-8-12-20/h4-14,22,26H,1,15-18H2,2-3H3,(H,27,29)/b23-19-/t22-/m0/s1. The number of nitrogens with one attached hydrogen (secondary N) is 2. The fourth-order valence-electron chi connectivity index (χ4n) is 2.98. The summed E-state index contributed by atoms with van der Waals surface area (Å²) >= 11 is 0. The number of carbonyl (C=O) groups is 2. The smallest absolute Gasteiger partial charge is 0.408 e. The van der Waals surface area contributed by atoms with Gasteiger partial charge >= 0.3 is 12.1 Å². The Kier molecular flexibility index (Phi) is 10.5. The summed E-state index contributed by atoms with van der Waals surface area (Å²) in [5, 5.41) is 5.93. The minimum Gasteiger partial charge on any atom is -0.466 e. The first kappa shape index (κ1) is 24.7. The Morgan fingerprint density at radius 1 is 1.03 bits per heavy atom. The molecule has 0 saturated heterocycles. The molecule has 0 bridgehead atoms. The molecular formula is C25H30N2O5. The zero-order valence-electron chi connectivity index (χ0n) is 18.5. The molecule has 0 spiro atoms. The lowest BCUT2D eigenvalue weighted by Gasteiger charge is -2.23. The third-order valence-corrected chi connectivity index (χ3v) is 4.58. The number of methoxy groups -OCH3 is 1. The van der Waals surface area contributed by atoms with Crippen molar-refractivity contribution in [2.75, 3.05) is 20.3 Å². The second kappa shape index (κ2) is 13.7. The van der Waals surface area contributed by atoms with Crippen molar-refractivity contribution in [3.8, 4) is 0 Å². The molecule has 2 rings (SSSR count). The molecule has 0 aliphatic rings. The van der Waals surface area contributed by atoms with E-state index in [1.54, 1.807) is 6.92 Å². The number of benzene rings is 2. The van der Waals surface area contributed by atoms with Crippen molar-refractivity contribution in [3.05, 3.63) is 95.7 Å². The van der Waals surface area contributed by atoms with Crippen LogP contribution in [-0.4, -0.2) is 38.4 Å². The van der Waals surface area contributed by atoms with Crippen LogP contribution in [0.1, 0.15) is 18.1 Å². The number of rotatable bonds is 12. The zero-order valence-corrected chi connectivity index (χ0v) is 18.5. The molecule has 0 fully saturated rings. The largest absolute Gasteiger partial charge is 0.466 e. The van der Waals surface area contributed by atoms with Crippen LogP contribution >= 0.6 is 0 Å². The monoisotopic (exact) mass is 438 g/mol. The molecule has 170 valence electrons. The van der Waals surface area contributed by atoms with E-state index >= 15 is 0 Å². The number of esters is 1. The molecule has 1 amide bonds. The van der Waals surface area contributed by atoms with Crippen molar-refractivity contribution < 1.29 is 23.8 Å². The van der Waals surface area contributed by atoms with Crippen LogP contribution in [0, 0.1) is 0 Å². The summed E-state index contributed by atoms with van der Waals surface area (Å²) in [4.78, 5) is 24.9. The van der Waals surface area contributed by atoms with Crippen molar-refractivity contribution in [2.45, 2.75) is 26.1 Å². The van der Waals surface area contributed by atoms with Gasteiger partial charge in [-0.3, -0.25) is 0 Å². The minimum atomic E-state index is -0.785. The molecule has 0 aliphatic heterocycles. The first-order valence-electron chi connectivity index (χ1n) is 10.3. The van der Waals surface area contributed by atoms with Crippen molar-refractivity contribution in [1.82, 2.24) is 10.6 Å². The predicted molar refractivity (Wildman–Crippen MR) is 123 cm³/mol. The van der Waals surface area contributed by atoms with Gasteiger partial charge in [0, 0.05) is 12.2 Å². The summed E-state index contributed by atoms with van der Waals surface area (Å²) in [5.41, 5.74) is 2.85.